The number of nitrogens with one attached hydrogen (secondary N) is 2. The number of carbonyl (C=O) groups is 1. The third kappa shape index (κ3) is 4.05. The highest BCUT2D eigenvalue weighted by molar-refractivity contribution is 7.89. The van der Waals surface area contributed by atoms with Gasteiger partial charge in [0.05, 0.1) is 20.3 Å². The van der Waals surface area contributed by atoms with Crippen LogP contribution in [0.25, 0.3) is 10.9 Å². The molecule has 2 N–H and O–H groups in total. The molecule has 1 saturated heterocycles. The van der Waals surface area contributed by atoms with E-state index in [9.17, 15) is 18.0 Å². The number of ether oxygens (including phenoxy) is 2. The molecule has 1 aliphatic heterocycles. The highest BCUT2D eigenvalue weighted by Gasteiger charge is 2.29. The molecule has 162 valence electrons. The van der Waals surface area contributed by atoms with E-state index in [2.05, 4.69) is 10.3 Å². The Labute approximate surface area is 178 Å². The predicted octanol–water partition coefficient (Wildman–Crippen LogP) is 1.81. The van der Waals surface area contributed by atoms with Crippen LogP contribution in [0.4, 0.5) is 5.69 Å². The van der Waals surface area contributed by atoms with Crippen molar-refractivity contribution < 1.29 is 22.7 Å². The van der Waals surface area contributed by atoms with Gasteiger partial charge in [-0.25, -0.2) is 8.42 Å². The lowest BCUT2D eigenvalue weighted by Crippen LogP contribution is -2.40. The largest absolute Gasteiger partial charge is 0.495 e. The Hall–Kier alpha value is -3.21. The van der Waals surface area contributed by atoms with E-state index in [-0.39, 0.29) is 35.0 Å². The second kappa shape index (κ2) is 8.50. The molecule has 0 aliphatic carbocycles. The van der Waals surface area contributed by atoms with Gasteiger partial charge in [-0.1, -0.05) is 12.1 Å². The summed E-state index contributed by atoms with van der Waals surface area (Å²) in [5.41, 5.74) is 0.353. The number of sulfonamides is 1. The Balaban J connectivity index is 1.67. The Kier molecular flexibility index (Phi) is 5.77. The number of anilines is 1. The Morgan fingerprint density at radius 3 is 2.65 bits per heavy atom. The van der Waals surface area contributed by atoms with E-state index >= 15 is 0 Å². The van der Waals surface area contributed by atoms with Crippen LogP contribution in [-0.2, 0) is 14.8 Å². The third-order valence-corrected chi connectivity index (χ3v) is 6.96. The van der Waals surface area contributed by atoms with Crippen LogP contribution in [-0.4, -0.2) is 57.0 Å². The van der Waals surface area contributed by atoms with Crippen molar-refractivity contribution in [3.05, 3.63) is 64.4 Å². The third-order valence-electron chi connectivity index (χ3n) is 5.04. The number of hydrogen-bond acceptors (Lipinski definition) is 6. The second-order valence-corrected chi connectivity index (χ2v) is 8.82. The molecule has 31 heavy (non-hydrogen) atoms. The highest BCUT2D eigenvalue weighted by atomic mass is 32.2. The Bertz CT molecular complexity index is 1300. The van der Waals surface area contributed by atoms with Gasteiger partial charge >= 0.3 is 0 Å². The van der Waals surface area contributed by atoms with E-state index in [1.165, 1.54) is 35.8 Å². The lowest BCUT2D eigenvalue weighted by Gasteiger charge is -2.26. The van der Waals surface area contributed by atoms with Gasteiger partial charge in [0.15, 0.2) is 0 Å². The van der Waals surface area contributed by atoms with Crippen LogP contribution in [0.5, 0.6) is 5.75 Å². The predicted molar refractivity (Wildman–Crippen MR) is 115 cm³/mol. The van der Waals surface area contributed by atoms with Crippen LogP contribution in [0.1, 0.15) is 10.4 Å². The van der Waals surface area contributed by atoms with Gasteiger partial charge in [-0.05, 0) is 30.3 Å². The van der Waals surface area contributed by atoms with Gasteiger partial charge in [-0.15, -0.1) is 0 Å². The number of H-pyrrole nitrogens is 1. The van der Waals surface area contributed by atoms with Gasteiger partial charge in [0.1, 0.15) is 16.2 Å². The fourth-order valence-electron chi connectivity index (χ4n) is 3.42. The normalized spacial score (nSPS) is 15.0. The monoisotopic (exact) mass is 443 g/mol. The molecule has 10 heteroatoms. The van der Waals surface area contributed by atoms with Gasteiger partial charge in [0, 0.05) is 35.9 Å². The van der Waals surface area contributed by atoms with Gasteiger partial charge in [0.2, 0.25) is 15.5 Å². The fourth-order valence-corrected chi connectivity index (χ4v) is 5.01. The first-order chi connectivity index (χ1) is 14.9. The molecule has 0 atom stereocenters. The van der Waals surface area contributed by atoms with E-state index in [1.54, 1.807) is 24.3 Å². The Morgan fingerprint density at radius 2 is 1.90 bits per heavy atom. The van der Waals surface area contributed by atoms with Gasteiger partial charge in [0.25, 0.3) is 5.91 Å². The minimum Gasteiger partial charge on any atom is -0.495 e. The molecule has 1 aliphatic rings. The number of hydrogen-bond donors (Lipinski definition) is 2. The van der Waals surface area contributed by atoms with Crippen molar-refractivity contribution in [1.29, 1.82) is 0 Å². The maximum Gasteiger partial charge on any atom is 0.261 e. The summed E-state index contributed by atoms with van der Waals surface area (Å²) in [5.74, 6) is -0.486. The second-order valence-electron chi connectivity index (χ2n) is 6.91. The van der Waals surface area contributed by atoms with Gasteiger partial charge in [-0.2, -0.15) is 4.31 Å². The van der Waals surface area contributed by atoms with Crippen LogP contribution in [0.15, 0.2) is 58.4 Å². The van der Waals surface area contributed by atoms with Crippen molar-refractivity contribution in [2.75, 3.05) is 38.7 Å². The SMILES string of the molecule is COc1ccc(NC(=O)c2c[nH]c3ccccc3c2=O)cc1S(=O)(=O)N1CCOCC1. The van der Waals surface area contributed by atoms with Crippen molar-refractivity contribution in [3.63, 3.8) is 0 Å². The quantitative estimate of drug-likeness (QED) is 0.621. The molecule has 3 aromatic rings. The van der Waals surface area contributed by atoms with Crippen LogP contribution in [0.3, 0.4) is 0 Å². The zero-order valence-corrected chi connectivity index (χ0v) is 17.6. The first kappa shape index (κ1) is 21.0. The van der Waals surface area contributed by atoms with E-state index < -0.39 is 21.4 Å². The highest BCUT2D eigenvalue weighted by Crippen LogP contribution is 2.30. The van der Waals surface area contributed by atoms with Crippen molar-refractivity contribution in [1.82, 2.24) is 9.29 Å². The maximum absolute atomic E-state index is 13.1. The van der Waals surface area contributed by atoms with Gasteiger partial charge in [-0.3, -0.25) is 9.59 Å². The molecular formula is C21H21N3O6S. The molecule has 0 saturated carbocycles. The van der Waals surface area contributed by atoms with Crippen LogP contribution >= 0.6 is 0 Å². The summed E-state index contributed by atoms with van der Waals surface area (Å²) in [6.45, 7) is 1.08. The molecule has 0 radical (unpaired) electrons. The van der Waals surface area contributed by atoms with Crippen molar-refractivity contribution in [3.8, 4) is 5.75 Å². The average Bonchev–Trinajstić information content (AvgIpc) is 2.80. The molecule has 4 rings (SSSR count). The van der Waals surface area contributed by atoms with E-state index in [0.717, 1.165) is 0 Å². The number of morpholine rings is 1. The number of para-hydroxylation sites is 1. The lowest BCUT2D eigenvalue weighted by molar-refractivity contribution is 0.0729. The molecule has 2 aromatic carbocycles. The van der Waals surface area contributed by atoms with E-state index in [0.29, 0.717) is 24.1 Å². The number of carbonyl (C=O) groups excluding carboxylic acids is 1. The first-order valence-corrected chi connectivity index (χ1v) is 11.0. The summed E-state index contributed by atoms with van der Waals surface area (Å²) >= 11 is 0. The molecule has 0 spiro atoms. The molecule has 9 nitrogen and oxygen atoms in total. The standard InChI is InChI=1S/C21H21N3O6S/c1-29-18-7-6-14(12-19(18)31(27,28)24-8-10-30-11-9-24)23-21(26)16-13-22-17-5-3-2-4-15(17)20(16)25/h2-7,12-13H,8-11H2,1H3,(H,22,25)(H,23,26). The number of methoxy groups -OCH3 is 1. The van der Waals surface area contributed by atoms with Gasteiger partial charge < -0.3 is 19.8 Å². The number of nitrogens with zero attached hydrogens (tertiary/aromatic N) is 1. The van der Waals surface area contributed by atoms with Crippen molar-refractivity contribution in [2.45, 2.75) is 4.90 Å². The van der Waals surface area contributed by atoms with Crippen molar-refractivity contribution >= 4 is 32.5 Å². The molecule has 0 bridgehead atoms. The Morgan fingerprint density at radius 1 is 1.16 bits per heavy atom. The number of fused-ring (bicyclic) bond motifs is 1. The molecule has 0 unspecified atom stereocenters. The summed E-state index contributed by atoms with van der Waals surface area (Å²) < 4.78 is 38.0. The minimum atomic E-state index is -3.86. The van der Waals surface area contributed by atoms with E-state index in [1.807, 2.05) is 0 Å². The number of pyridine rings is 1. The minimum absolute atomic E-state index is 0.0675. The van der Waals surface area contributed by atoms with Crippen LogP contribution in [0, 0.1) is 0 Å². The maximum atomic E-state index is 13.1. The number of rotatable bonds is 5. The first-order valence-electron chi connectivity index (χ1n) is 9.59. The number of aromatic nitrogens is 1. The lowest BCUT2D eigenvalue weighted by atomic mass is 10.1. The molecule has 1 amide bonds. The average molecular weight is 443 g/mol. The van der Waals surface area contributed by atoms with Crippen LogP contribution in [0.2, 0.25) is 0 Å². The zero-order valence-electron chi connectivity index (χ0n) is 16.8. The molecular weight excluding hydrogens is 422 g/mol. The van der Waals surface area contributed by atoms with Crippen LogP contribution < -0.4 is 15.5 Å². The molecule has 1 fully saturated rings. The number of amides is 1. The topological polar surface area (TPSA) is 118 Å². The molecule has 2 heterocycles. The summed E-state index contributed by atoms with van der Waals surface area (Å²) in [7, 11) is -2.48. The number of benzene rings is 2. The molecule has 1 aromatic heterocycles. The zero-order chi connectivity index (χ0) is 22.0. The fraction of sp³-hybridized carbons (Fsp3) is 0.238. The van der Waals surface area contributed by atoms with E-state index in [4.69, 9.17) is 9.47 Å². The summed E-state index contributed by atoms with van der Waals surface area (Å²) in [5, 5.41) is 3.00. The summed E-state index contributed by atoms with van der Waals surface area (Å²) in [4.78, 5) is 28.3. The smallest absolute Gasteiger partial charge is 0.261 e. The summed E-state index contributed by atoms with van der Waals surface area (Å²) in [6, 6.07) is 11.2. The summed E-state index contributed by atoms with van der Waals surface area (Å²) in [6.07, 6.45) is 1.34. The number of aromatic amines is 1. The van der Waals surface area contributed by atoms with Crippen molar-refractivity contribution in [2.24, 2.45) is 0 Å².